The third-order valence-corrected chi connectivity index (χ3v) is 4.79. The first-order chi connectivity index (χ1) is 12.4. The van der Waals surface area contributed by atoms with E-state index in [9.17, 15) is 0 Å². The van der Waals surface area contributed by atoms with Gasteiger partial charge in [-0.3, -0.25) is 9.67 Å². The lowest BCUT2D eigenvalue weighted by Gasteiger charge is -2.40. The molecule has 0 aliphatic carbocycles. The number of nitrogens with zero attached hydrogens (tertiary/aromatic N) is 3. The molecule has 3 atom stereocenters. The molecule has 0 spiro atoms. The Kier molecular flexibility index (Phi) is 10.7. The smallest absolute Gasteiger partial charge is 0.191 e. The quantitative estimate of drug-likeness (QED) is 0.348. The number of ether oxygens (including phenoxy) is 1. The molecule has 3 unspecified atom stereocenters. The Hall–Kier alpha value is -0.830. The van der Waals surface area contributed by atoms with Crippen LogP contribution in [0.1, 0.15) is 47.5 Å². The van der Waals surface area contributed by atoms with Gasteiger partial charge in [0.1, 0.15) is 0 Å². The van der Waals surface area contributed by atoms with Crippen LogP contribution >= 0.6 is 24.0 Å². The molecule has 1 aliphatic rings. The summed E-state index contributed by atoms with van der Waals surface area (Å²) in [6.45, 7) is 15.4. The molecule has 1 fully saturated rings. The van der Waals surface area contributed by atoms with E-state index in [0.717, 1.165) is 45.2 Å². The molecule has 27 heavy (non-hydrogen) atoms. The minimum atomic E-state index is 0. The summed E-state index contributed by atoms with van der Waals surface area (Å²) in [6.07, 6.45) is 6.47. The Morgan fingerprint density at radius 3 is 2.78 bits per heavy atom. The van der Waals surface area contributed by atoms with Crippen LogP contribution in [0.25, 0.3) is 0 Å². The van der Waals surface area contributed by atoms with Crippen molar-refractivity contribution in [2.24, 2.45) is 22.2 Å². The first-order valence-electron chi connectivity index (χ1n) is 10.0. The van der Waals surface area contributed by atoms with Crippen molar-refractivity contribution in [1.29, 1.82) is 0 Å². The van der Waals surface area contributed by atoms with Crippen molar-refractivity contribution < 1.29 is 4.74 Å². The second-order valence-electron chi connectivity index (χ2n) is 8.49. The van der Waals surface area contributed by atoms with Gasteiger partial charge in [0.05, 0.1) is 6.10 Å². The van der Waals surface area contributed by atoms with Crippen LogP contribution in [0.4, 0.5) is 0 Å². The molecule has 0 aromatic carbocycles. The van der Waals surface area contributed by atoms with Gasteiger partial charge in [0, 0.05) is 51.1 Å². The number of halogens is 1. The number of aromatic nitrogens is 2. The molecule has 1 aromatic heterocycles. The monoisotopic (exact) mass is 491 g/mol. The van der Waals surface area contributed by atoms with E-state index in [1.807, 2.05) is 23.1 Å². The highest BCUT2D eigenvalue weighted by molar-refractivity contribution is 14.0. The van der Waals surface area contributed by atoms with Crippen LogP contribution in [0.15, 0.2) is 23.5 Å². The topological polar surface area (TPSA) is 63.5 Å². The minimum absolute atomic E-state index is 0. The number of hydrogen-bond acceptors (Lipinski definition) is 3. The van der Waals surface area contributed by atoms with Crippen LogP contribution in [-0.2, 0) is 11.3 Å². The van der Waals surface area contributed by atoms with E-state index in [0.29, 0.717) is 17.9 Å². The Morgan fingerprint density at radius 1 is 1.37 bits per heavy atom. The fourth-order valence-electron chi connectivity index (χ4n) is 3.61. The van der Waals surface area contributed by atoms with Crippen molar-refractivity contribution in [2.45, 2.75) is 60.1 Å². The highest BCUT2D eigenvalue weighted by atomic mass is 127. The lowest BCUT2D eigenvalue weighted by atomic mass is 9.78. The van der Waals surface area contributed by atoms with Gasteiger partial charge < -0.3 is 15.4 Å². The van der Waals surface area contributed by atoms with Crippen LogP contribution in [0, 0.1) is 17.3 Å². The van der Waals surface area contributed by atoms with Gasteiger partial charge in [-0.05, 0) is 37.2 Å². The number of nitrogens with one attached hydrogen (secondary N) is 2. The van der Waals surface area contributed by atoms with E-state index in [1.54, 1.807) is 0 Å². The second kappa shape index (κ2) is 11.9. The Bertz CT molecular complexity index is 541. The molecule has 1 aromatic rings. The maximum Gasteiger partial charge on any atom is 0.191 e. The van der Waals surface area contributed by atoms with Gasteiger partial charge in [-0.25, -0.2) is 0 Å². The highest BCUT2D eigenvalue weighted by Crippen LogP contribution is 2.33. The minimum Gasteiger partial charge on any atom is -0.377 e. The SMILES string of the molecule is CCNC(=NCC(C)Cn1cccn1)NCC1CCCOC1C(C)(C)C.I. The molecule has 0 saturated carbocycles. The van der Waals surface area contributed by atoms with Crippen molar-refractivity contribution in [3.63, 3.8) is 0 Å². The zero-order valence-electron chi connectivity index (χ0n) is 17.6. The predicted octanol–water partition coefficient (Wildman–Crippen LogP) is 3.53. The average Bonchev–Trinajstić information content (AvgIpc) is 3.09. The summed E-state index contributed by atoms with van der Waals surface area (Å²) in [7, 11) is 0. The highest BCUT2D eigenvalue weighted by Gasteiger charge is 2.35. The van der Waals surface area contributed by atoms with E-state index in [-0.39, 0.29) is 29.4 Å². The van der Waals surface area contributed by atoms with E-state index in [2.05, 4.69) is 50.4 Å². The summed E-state index contributed by atoms with van der Waals surface area (Å²) in [5, 5.41) is 11.2. The van der Waals surface area contributed by atoms with E-state index >= 15 is 0 Å². The normalized spacial score (nSPS) is 22.0. The van der Waals surface area contributed by atoms with Crippen molar-refractivity contribution in [3.05, 3.63) is 18.5 Å². The lowest BCUT2D eigenvalue weighted by Crippen LogP contribution is -2.47. The number of rotatable bonds is 7. The van der Waals surface area contributed by atoms with Gasteiger partial charge >= 0.3 is 0 Å². The van der Waals surface area contributed by atoms with Crippen LogP contribution in [-0.4, -0.2) is 48.1 Å². The zero-order valence-corrected chi connectivity index (χ0v) is 19.9. The number of guanidine groups is 1. The van der Waals surface area contributed by atoms with Gasteiger partial charge in [0.15, 0.2) is 5.96 Å². The number of hydrogen-bond donors (Lipinski definition) is 2. The molecule has 1 aliphatic heterocycles. The lowest BCUT2D eigenvalue weighted by molar-refractivity contribution is -0.0835. The second-order valence-corrected chi connectivity index (χ2v) is 8.49. The van der Waals surface area contributed by atoms with Gasteiger partial charge in [0.25, 0.3) is 0 Å². The molecule has 0 radical (unpaired) electrons. The van der Waals surface area contributed by atoms with Crippen LogP contribution in [0.5, 0.6) is 0 Å². The molecule has 7 heteroatoms. The standard InChI is InChI=1S/C20H37N5O.HI/c1-6-21-19(22-13-16(2)15-25-11-8-10-24-25)23-14-17-9-7-12-26-18(17)20(3,4)5;/h8,10-11,16-18H,6-7,9,12-15H2,1-5H3,(H2,21,22,23);1H. The summed E-state index contributed by atoms with van der Waals surface area (Å²) in [5.41, 5.74) is 0.167. The zero-order chi connectivity index (χ0) is 19.0. The summed E-state index contributed by atoms with van der Waals surface area (Å²) < 4.78 is 8.06. The van der Waals surface area contributed by atoms with Gasteiger partial charge in [-0.15, -0.1) is 24.0 Å². The molecular formula is C20H38IN5O. The van der Waals surface area contributed by atoms with Crippen LogP contribution < -0.4 is 10.6 Å². The first kappa shape index (κ1) is 24.2. The molecule has 0 bridgehead atoms. The maximum atomic E-state index is 6.09. The Morgan fingerprint density at radius 2 is 2.15 bits per heavy atom. The average molecular weight is 491 g/mol. The molecule has 6 nitrogen and oxygen atoms in total. The Labute approximate surface area is 181 Å². The van der Waals surface area contributed by atoms with Crippen LogP contribution in [0.2, 0.25) is 0 Å². The largest absolute Gasteiger partial charge is 0.377 e. The molecule has 0 amide bonds. The van der Waals surface area contributed by atoms with Gasteiger partial charge in [-0.1, -0.05) is 27.7 Å². The summed E-state index contributed by atoms with van der Waals surface area (Å²) in [5.74, 6) is 1.86. The van der Waals surface area contributed by atoms with E-state index < -0.39 is 0 Å². The summed E-state index contributed by atoms with van der Waals surface area (Å²) in [6, 6.07) is 1.96. The third kappa shape index (κ3) is 8.37. The number of aliphatic imine (C=N–C) groups is 1. The maximum absolute atomic E-state index is 6.09. The first-order valence-corrected chi connectivity index (χ1v) is 10.0. The molecule has 2 rings (SSSR count). The summed E-state index contributed by atoms with van der Waals surface area (Å²) >= 11 is 0. The molecule has 2 N–H and O–H groups in total. The predicted molar refractivity (Wildman–Crippen MR) is 123 cm³/mol. The fraction of sp³-hybridized carbons (Fsp3) is 0.800. The molecule has 156 valence electrons. The van der Waals surface area contributed by atoms with E-state index in [1.165, 1.54) is 6.42 Å². The van der Waals surface area contributed by atoms with Crippen LogP contribution in [0.3, 0.4) is 0 Å². The summed E-state index contributed by atoms with van der Waals surface area (Å²) in [4.78, 5) is 4.78. The van der Waals surface area contributed by atoms with Crippen molar-refractivity contribution >= 4 is 29.9 Å². The van der Waals surface area contributed by atoms with Crippen molar-refractivity contribution in [1.82, 2.24) is 20.4 Å². The van der Waals surface area contributed by atoms with Crippen molar-refractivity contribution in [2.75, 3.05) is 26.2 Å². The Balaban J connectivity index is 0.00000364. The third-order valence-electron chi connectivity index (χ3n) is 4.79. The molecule has 2 heterocycles. The fourth-order valence-corrected chi connectivity index (χ4v) is 3.61. The molecule has 1 saturated heterocycles. The van der Waals surface area contributed by atoms with Crippen molar-refractivity contribution in [3.8, 4) is 0 Å². The van der Waals surface area contributed by atoms with E-state index in [4.69, 9.17) is 9.73 Å². The van der Waals surface area contributed by atoms with Gasteiger partial charge in [0.2, 0.25) is 0 Å². The molecular weight excluding hydrogens is 453 g/mol. The van der Waals surface area contributed by atoms with Gasteiger partial charge in [-0.2, -0.15) is 5.10 Å².